The van der Waals surface area contributed by atoms with Gasteiger partial charge < -0.3 is 4.57 Å². The first-order valence-corrected chi connectivity index (χ1v) is 9.43. The summed E-state index contributed by atoms with van der Waals surface area (Å²) in [5, 5.41) is 4.62. The number of halogens is 1. The number of fused-ring (bicyclic) bond motifs is 1. The molecule has 0 radical (unpaired) electrons. The molecule has 0 atom stereocenters. The van der Waals surface area contributed by atoms with Crippen LogP contribution in [0.3, 0.4) is 0 Å². The topological polar surface area (TPSA) is 35.6 Å². The van der Waals surface area contributed by atoms with Gasteiger partial charge in [-0.05, 0) is 32.9 Å². The number of aromatic nitrogens is 4. The summed E-state index contributed by atoms with van der Waals surface area (Å²) in [4.78, 5) is 4.83. The second-order valence-electron chi connectivity index (χ2n) is 5.87. The Kier molecular flexibility index (Phi) is 4.23. The molecule has 0 bridgehead atoms. The van der Waals surface area contributed by atoms with Gasteiger partial charge in [-0.3, -0.25) is 0 Å². The number of alkyl halides is 1. The Morgan fingerprint density at radius 2 is 2.14 bits per heavy atom. The fraction of sp³-hybridized carbons (Fsp3) is 0.733. The van der Waals surface area contributed by atoms with Gasteiger partial charge in [-0.15, -0.1) is 11.6 Å². The average molecular weight is 327 g/mol. The Morgan fingerprint density at radius 3 is 2.67 bits per heavy atom. The predicted molar refractivity (Wildman–Crippen MR) is 90.5 cm³/mol. The third-order valence-electron chi connectivity index (χ3n) is 4.64. The van der Waals surface area contributed by atoms with E-state index in [4.69, 9.17) is 16.6 Å². The van der Waals surface area contributed by atoms with Gasteiger partial charge in [0, 0.05) is 30.1 Å². The van der Waals surface area contributed by atoms with E-state index in [0.29, 0.717) is 10.6 Å². The molecule has 0 saturated heterocycles. The summed E-state index contributed by atoms with van der Waals surface area (Å²) in [6.45, 7) is 6.09. The molecule has 1 aliphatic rings. The van der Waals surface area contributed by atoms with Crippen molar-refractivity contribution in [2.45, 2.75) is 57.4 Å². The Morgan fingerprint density at radius 1 is 1.38 bits per heavy atom. The van der Waals surface area contributed by atoms with Gasteiger partial charge in [-0.1, -0.05) is 6.42 Å². The van der Waals surface area contributed by atoms with Crippen LogP contribution in [-0.2, 0) is 19.5 Å². The number of imidazole rings is 1. The van der Waals surface area contributed by atoms with Gasteiger partial charge in [0.1, 0.15) is 11.3 Å². The lowest BCUT2D eigenvalue weighted by Gasteiger charge is -2.41. The number of hydrogen-bond donors (Lipinski definition) is 0. The molecule has 0 amide bonds. The van der Waals surface area contributed by atoms with E-state index in [-0.39, 0.29) is 0 Å². The van der Waals surface area contributed by atoms with E-state index in [1.54, 1.807) is 0 Å². The second-order valence-corrected chi connectivity index (χ2v) is 7.52. The summed E-state index contributed by atoms with van der Waals surface area (Å²) >= 11 is 7.99. The zero-order valence-corrected chi connectivity index (χ0v) is 14.6. The van der Waals surface area contributed by atoms with Crippen molar-refractivity contribution in [3.8, 4) is 0 Å². The van der Waals surface area contributed by atoms with Crippen molar-refractivity contribution in [1.29, 1.82) is 0 Å². The van der Waals surface area contributed by atoms with Crippen molar-refractivity contribution in [2.75, 3.05) is 12.1 Å². The molecule has 0 unspecified atom stereocenters. The van der Waals surface area contributed by atoms with Crippen molar-refractivity contribution >= 4 is 34.5 Å². The van der Waals surface area contributed by atoms with E-state index in [2.05, 4.69) is 27.5 Å². The van der Waals surface area contributed by atoms with Gasteiger partial charge >= 0.3 is 0 Å². The number of hydrogen-bond acceptors (Lipinski definition) is 3. The van der Waals surface area contributed by atoms with Crippen molar-refractivity contribution in [1.82, 2.24) is 19.3 Å². The average Bonchev–Trinajstić information content (AvgIpc) is 2.93. The van der Waals surface area contributed by atoms with E-state index in [1.807, 2.05) is 18.7 Å². The molecule has 4 nitrogen and oxygen atoms in total. The van der Waals surface area contributed by atoms with E-state index >= 15 is 0 Å². The summed E-state index contributed by atoms with van der Waals surface area (Å²) in [6.07, 6.45) is 7.00. The molecular weight excluding hydrogens is 304 g/mol. The zero-order valence-electron chi connectivity index (χ0n) is 13.0. The zero-order chi connectivity index (χ0) is 15.0. The van der Waals surface area contributed by atoms with Crippen LogP contribution in [0.25, 0.3) is 11.2 Å². The van der Waals surface area contributed by atoms with E-state index in [0.717, 1.165) is 36.5 Å². The highest BCUT2D eigenvalue weighted by Crippen LogP contribution is 2.44. The first-order chi connectivity index (χ1) is 10.1. The summed E-state index contributed by atoms with van der Waals surface area (Å²) in [5.41, 5.74) is 3.25. The largest absolute Gasteiger partial charge is 0.311 e. The van der Waals surface area contributed by atoms with E-state index in [9.17, 15) is 0 Å². The van der Waals surface area contributed by atoms with Crippen LogP contribution in [0.2, 0.25) is 0 Å². The third kappa shape index (κ3) is 2.48. The van der Waals surface area contributed by atoms with Gasteiger partial charge in [0.2, 0.25) is 0 Å². The molecule has 1 saturated carbocycles. The van der Waals surface area contributed by atoms with Crippen LogP contribution in [0, 0.1) is 6.92 Å². The molecule has 3 rings (SSSR count). The lowest BCUT2D eigenvalue weighted by molar-refractivity contribution is 0.320. The Labute approximate surface area is 135 Å². The third-order valence-corrected chi connectivity index (χ3v) is 6.23. The summed E-state index contributed by atoms with van der Waals surface area (Å²) < 4.78 is 4.85. The van der Waals surface area contributed by atoms with Crippen molar-refractivity contribution in [3.63, 3.8) is 0 Å². The first-order valence-electron chi connectivity index (χ1n) is 7.68. The highest BCUT2D eigenvalue weighted by molar-refractivity contribution is 8.00. The minimum absolute atomic E-state index is 0.380. The first kappa shape index (κ1) is 15.2. The van der Waals surface area contributed by atoms with Gasteiger partial charge in [-0.2, -0.15) is 16.9 Å². The maximum absolute atomic E-state index is 5.99. The number of aryl methyl sites for hydroxylation is 3. The summed E-state index contributed by atoms with van der Waals surface area (Å²) in [7, 11) is 0. The summed E-state index contributed by atoms with van der Waals surface area (Å²) in [6, 6.07) is 0. The maximum Gasteiger partial charge on any atom is 0.158 e. The van der Waals surface area contributed by atoms with Crippen LogP contribution in [0.15, 0.2) is 0 Å². The fourth-order valence-corrected chi connectivity index (χ4v) is 4.34. The summed E-state index contributed by atoms with van der Waals surface area (Å²) in [5.74, 6) is 1.73. The van der Waals surface area contributed by atoms with Gasteiger partial charge in [0.15, 0.2) is 5.65 Å². The highest BCUT2D eigenvalue weighted by Gasteiger charge is 2.38. The molecule has 2 aromatic heterocycles. The molecule has 0 aliphatic heterocycles. The van der Waals surface area contributed by atoms with Crippen LogP contribution < -0.4 is 0 Å². The Balaban J connectivity index is 2.10. The SMILES string of the molecule is CCn1nc(C)c2nc(CCCl)n(CC3(SC)CCC3)c21. The normalized spacial score (nSPS) is 17.3. The number of thioether (sulfide) groups is 1. The van der Waals surface area contributed by atoms with Crippen molar-refractivity contribution < 1.29 is 0 Å². The molecule has 116 valence electrons. The molecule has 6 heteroatoms. The lowest BCUT2D eigenvalue weighted by atomic mass is 9.84. The van der Waals surface area contributed by atoms with Gasteiger partial charge in [0.05, 0.1) is 5.69 Å². The fourth-order valence-electron chi connectivity index (χ4n) is 3.22. The van der Waals surface area contributed by atoms with Crippen LogP contribution in [0.5, 0.6) is 0 Å². The number of rotatable bonds is 6. The van der Waals surface area contributed by atoms with E-state index < -0.39 is 0 Å². The van der Waals surface area contributed by atoms with Crippen LogP contribution in [-0.4, -0.2) is 36.2 Å². The number of nitrogens with zero attached hydrogens (tertiary/aromatic N) is 4. The molecular formula is C15H23ClN4S. The Hall–Kier alpha value is -0.680. The van der Waals surface area contributed by atoms with Crippen molar-refractivity contribution in [3.05, 3.63) is 11.5 Å². The molecule has 2 heterocycles. The predicted octanol–water partition coefficient (Wildman–Crippen LogP) is 3.63. The molecule has 0 N–H and O–H groups in total. The van der Waals surface area contributed by atoms with Crippen molar-refractivity contribution in [2.24, 2.45) is 0 Å². The molecule has 2 aromatic rings. The minimum Gasteiger partial charge on any atom is -0.311 e. The molecule has 1 aliphatic carbocycles. The van der Waals surface area contributed by atoms with Crippen LogP contribution in [0.4, 0.5) is 0 Å². The molecule has 21 heavy (non-hydrogen) atoms. The quantitative estimate of drug-likeness (QED) is 0.760. The standard InChI is InChI=1S/C15H23ClN4S/c1-4-20-14-13(11(2)18-20)17-12(6-9-16)19(14)10-15(21-3)7-5-8-15/h4-10H2,1-3H3. The molecule has 0 aromatic carbocycles. The lowest BCUT2D eigenvalue weighted by Crippen LogP contribution is -2.38. The molecule has 0 spiro atoms. The van der Waals surface area contributed by atoms with Gasteiger partial charge in [0.25, 0.3) is 0 Å². The monoisotopic (exact) mass is 326 g/mol. The van der Waals surface area contributed by atoms with E-state index in [1.165, 1.54) is 24.9 Å². The molecule has 1 fully saturated rings. The second kappa shape index (κ2) is 5.84. The highest BCUT2D eigenvalue weighted by atomic mass is 35.5. The Bertz CT molecular complexity index is 636. The smallest absolute Gasteiger partial charge is 0.158 e. The minimum atomic E-state index is 0.380. The van der Waals surface area contributed by atoms with Crippen LogP contribution >= 0.6 is 23.4 Å². The maximum atomic E-state index is 5.99. The van der Waals surface area contributed by atoms with Crippen LogP contribution in [0.1, 0.15) is 37.7 Å². The van der Waals surface area contributed by atoms with Gasteiger partial charge in [-0.25, -0.2) is 9.67 Å².